The van der Waals surface area contributed by atoms with Crippen LogP contribution in [0.15, 0.2) is 58.2 Å². The van der Waals surface area contributed by atoms with Gasteiger partial charge in [0.15, 0.2) is 5.58 Å². The van der Waals surface area contributed by atoms with Gasteiger partial charge in [-0.15, -0.1) is 0 Å². The number of hydrogen-bond acceptors (Lipinski definition) is 4. The quantitative estimate of drug-likeness (QED) is 0.671. The molecule has 0 aliphatic rings. The Morgan fingerprint density at radius 2 is 1.95 bits per heavy atom. The minimum Gasteiger partial charge on any atom is -0.431 e. The van der Waals surface area contributed by atoms with Gasteiger partial charge in [-0.2, -0.15) is 5.26 Å². The zero-order valence-electron chi connectivity index (χ0n) is 11.6. The van der Waals surface area contributed by atoms with Crippen LogP contribution < -0.4 is 0 Å². The summed E-state index contributed by atoms with van der Waals surface area (Å²) in [6.07, 6.45) is 0.681. The van der Waals surface area contributed by atoms with Gasteiger partial charge in [0, 0.05) is 0 Å². The monoisotopic (exact) mass is 294 g/mol. The highest BCUT2D eigenvalue weighted by atomic mass is 32.2. The number of nitriles is 1. The Labute approximate surface area is 127 Å². The molecule has 104 valence electrons. The van der Waals surface area contributed by atoms with E-state index in [0.717, 1.165) is 16.7 Å². The number of thioether (sulfide) groups is 1. The number of para-hydroxylation sites is 2. The maximum absolute atomic E-state index is 9.34. The van der Waals surface area contributed by atoms with Gasteiger partial charge in [0.2, 0.25) is 0 Å². The van der Waals surface area contributed by atoms with Crippen LogP contribution in [0.1, 0.15) is 11.1 Å². The lowest BCUT2D eigenvalue weighted by Crippen LogP contribution is -2.03. The van der Waals surface area contributed by atoms with Crippen LogP contribution in [0.3, 0.4) is 0 Å². The largest absolute Gasteiger partial charge is 0.431 e. The van der Waals surface area contributed by atoms with Gasteiger partial charge in [-0.05, 0) is 42.8 Å². The number of benzene rings is 2. The van der Waals surface area contributed by atoms with E-state index in [-0.39, 0.29) is 5.25 Å². The van der Waals surface area contributed by atoms with Crippen molar-refractivity contribution in [3.05, 3.63) is 59.7 Å². The number of aryl methyl sites for hydroxylation is 1. The summed E-state index contributed by atoms with van der Waals surface area (Å²) in [6, 6.07) is 18.2. The molecule has 0 saturated carbocycles. The molecule has 3 aromatic rings. The highest BCUT2D eigenvalue weighted by Crippen LogP contribution is 2.28. The van der Waals surface area contributed by atoms with Crippen LogP contribution in [0.2, 0.25) is 0 Å². The Kier molecular flexibility index (Phi) is 3.94. The summed E-state index contributed by atoms with van der Waals surface area (Å²) in [4.78, 5) is 4.40. The van der Waals surface area contributed by atoms with Crippen LogP contribution in [-0.2, 0) is 6.42 Å². The lowest BCUT2D eigenvalue weighted by molar-refractivity contribution is 0.489. The topological polar surface area (TPSA) is 49.8 Å². The third kappa shape index (κ3) is 3.26. The second-order valence-electron chi connectivity index (χ2n) is 4.87. The number of oxazole rings is 1. The average molecular weight is 294 g/mol. The average Bonchev–Trinajstić information content (AvgIpc) is 2.91. The summed E-state index contributed by atoms with van der Waals surface area (Å²) in [5, 5.41) is 9.68. The number of rotatable bonds is 4. The first kappa shape index (κ1) is 13.7. The maximum atomic E-state index is 9.34. The van der Waals surface area contributed by atoms with Crippen molar-refractivity contribution in [2.75, 3.05) is 0 Å². The Morgan fingerprint density at radius 3 is 2.67 bits per heavy atom. The van der Waals surface area contributed by atoms with E-state index in [1.54, 1.807) is 0 Å². The van der Waals surface area contributed by atoms with Gasteiger partial charge in [0.1, 0.15) is 10.8 Å². The summed E-state index contributed by atoms with van der Waals surface area (Å²) in [7, 11) is 0. The third-order valence-corrected chi connectivity index (χ3v) is 4.14. The van der Waals surface area contributed by atoms with E-state index < -0.39 is 0 Å². The van der Waals surface area contributed by atoms with Crippen molar-refractivity contribution in [2.45, 2.75) is 23.8 Å². The molecule has 4 heteroatoms. The molecule has 2 aromatic carbocycles. The Hall–Kier alpha value is -2.25. The van der Waals surface area contributed by atoms with E-state index in [2.05, 4.69) is 42.2 Å². The number of fused-ring (bicyclic) bond motifs is 1. The Morgan fingerprint density at radius 1 is 1.19 bits per heavy atom. The molecule has 0 fully saturated rings. The summed E-state index contributed by atoms with van der Waals surface area (Å²) in [5.74, 6) is 0. The molecule has 1 atom stereocenters. The van der Waals surface area contributed by atoms with Crippen molar-refractivity contribution < 1.29 is 4.42 Å². The van der Waals surface area contributed by atoms with Crippen molar-refractivity contribution >= 4 is 22.9 Å². The molecule has 0 unspecified atom stereocenters. The second kappa shape index (κ2) is 6.02. The summed E-state index contributed by atoms with van der Waals surface area (Å²) in [6.45, 7) is 2.05. The van der Waals surface area contributed by atoms with E-state index in [0.29, 0.717) is 11.6 Å². The zero-order valence-corrected chi connectivity index (χ0v) is 12.4. The Balaban J connectivity index is 1.75. The smallest absolute Gasteiger partial charge is 0.258 e. The predicted molar refractivity (Wildman–Crippen MR) is 84.2 cm³/mol. The van der Waals surface area contributed by atoms with E-state index in [9.17, 15) is 5.26 Å². The van der Waals surface area contributed by atoms with Gasteiger partial charge in [0.25, 0.3) is 5.22 Å². The number of hydrogen-bond donors (Lipinski definition) is 0. The molecule has 3 nitrogen and oxygen atoms in total. The first-order chi connectivity index (χ1) is 10.2. The fraction of sp³-hybridized carbons (Fsp3) is 0.176. The van der Waals surface area contributed by atoms with Gasteiger partial charge in [0.05, 0.1) is 6.07 Å². The zero-order chi connectivity index (χ0) is 14.7. The SMILES string of the molecule is Cc1ccc(C[C@@H](C#N)Sc2nc3ccccc3o2)cc1. The molecular weight excluding hydrogens is 280 g/mol. The molecule has 0 saturated heterocycles. The van der Waals surface area contributed by atoms with E-state index in [1.165, 1.54) is 17.3 Å². The van der Waals surface area contributed by atoms with Crippen LogP contribution in [0.25, 0.3) is 11.1 Å². The number of aromatic nitrogens is 1. The second-order valence-corrected chi connectivity index (χ2v) is 6.03. The van der Waals surface area contributed by atoms with Crippen LogP contribution >= 0.6 is 11.8 Å². The van der Waals surface area contributed by atoms with Crippen molar-refractivity contribution in [3.63, 3.8) is 0 Å². The molecule has 3 rings (SSSR count). The minimum atomic E-state index is -0.208. The van der Waals surface area contributed by atoms with Crippen LogP contribution in [0.4, 0.5) is 0 Å². The first-order valence-corrected chi connectivity index (χ1v) is 7.60. The molecule has 21 heavy (non-hydrogen) atoms. The van der Waals surface area contributed by atoms with Gasteiger partial charge >= 0.3 is 0 Å². The molecule has 1 heterocycles. The van der Waals surface area contributed by atoms with E-state index in [4.69, 9.17) is 4.42 Å². The van der Waals surface area contributed by atoms with Crippen molar-refractivity contribution in [2.24, 2.45) is 0 Å². The standard InChI is InChI=1S/C17H14N2OS/c1-12-6-8-13(9-7-12)10-14(11-18)21-17-19-15-4-2-3-5-16(15)20-17/h2-9,14H,10H2,1H3/t14-/m0/s1. The first-order valence-electron chi connectivity index (χ1n) is 6.72. The number of nitrogens with zero attached hydrogens (tertiary/aromatic N) is 2. The van der Waals surface area contributed by atoms with E-state index in [1.807, 2.05) is 24.3 Å². The maximum Gasteiger partial charge on any atom is 0.258 e. The predicted octanol–water partition coefficient (Wildman–Crippen LogP) is 4.36. The van der Waals surface area contributed by atoms with Gasteiger partial charge < -0.3 is 4.42 Å². The molecular formula is C17H14N2OS. The van der Waals surface area contributed by atoms with Crippen LogP contribution in [0.5, 0.6) is 0 Å². The molecule has 0 amide bonds. The lowest BCUT2D eigenvalue weighted by Gasteiger charge is -2.06. The summed E-state index contributed by atoms with van der Waals surface area (Å²) >= 11 is 1.37. The highest BCUT2D eigenvalue weighted by molar-refractivity contribution is 7.99. The fourth-order valence-electron chi connectivity index (χ4n) is 2.08. The van der Waals surface area contributed by atoms with Gasteiger partial charge in [-0.3, -0.25) is 0 Å². The normalized spacial score (nSPS) is 12.2. The summed E-state index contributed by atoms with van der Waals surface area (Å²) < 4.78 is 5.66. The molecule has 0 aliphatic heterocycles. The van der Waals surface area contributed by atoms with Crippen molar-refractivity contribution in [3.8, 4) is 6.07 Å². The van der Waals surface area contributed by atoms with E-state index >= 15 is 0 Å². The molecule has 0 N–H and O–H groups in total. The lowest BCUT2D eigenvalue weighted by atomic mass is 10.1. The van der Waals surface area contributed by atoms with Gasteiger partial charge in [-0.25, -0.2) is 4.98 Å². The highest BCUT2D eigenvalue weighted by Gasteiger charge is 2.15. The van der Waals surface area contributed by atoms with Crippen LogP contribution in [-0.4, -0.2) is 10.2 Å². The molecule has 0 radical (unpaired) electrons. The molecule has 0 aliphatic carbocycles. The summed E-state index contributed by atoms with van der Waals surface area (Å²) in [5.41, 5.74) is 3.95. The van der Waals surface area contributed by atoms with Crippen molar-refractivity contribution in [1.29, 1.82) is 5.26 Å². The minimum absolute atomic E-state index is 0.208. The van der Waals surface area contributed by atoms with Crippen molar-refractivity contribution in [1.82, 2.24) is 4.98 Å². The van der Waals surface area contributed by atoms with Gasteiger partial charge in [-0.1, -0.05) is 42.0 Å². The fourth-order valence-corrected chi connectivity index (χ4v) is 2.94. The molecule has 1 aromatic heterocycles. The third-order valence-electron chi connectivity index (χ3n) is 3.20. The Bertz CT molecular complexity index is 753. The molecule has 0 bridgehead atoms. The molecule has 0 spiro atoms. The van der Waals surface area contributed by atoms with Crippen LogP contribution in [0, 0.1) is 18.3 Å².